The molecule has 0 aliphatic rings. The number of aromatic hydroxyl groups is 1. The Labute approximate surface area is 107 Å². The van der Waals surface area contributed by atoms with Crippen molar-refractivity contribution in [3.05, 3.63) is 23.0 Å². The van der Waals surface area contributed by atoms with Crippen molar-refractivity contribution in [2.24, 2.45) is 0 Å². The fraction of sp³-hybridized carbons (Fsp3) is 0.545. The Bertz CT molecular complexity index is 334. The predicted octanol–water partition coefficient (Wildman–Crippen LogP) is 2.49. The largest absolute Gasteiger partial charge is 0.506 e. The lowest BCUT2D eigenvalue weighted by molar-refractivity contribution is 0.456. The van der Waals surface area contributed by atoms with E-state index in [0.717, 1.165) is 23.4 Å². The number of hydrogen-bond donors (Lipinski definition) is 2. The van der Waals surface area contributed by atoms with E-state index >= 15 is 0 Å². The quantitative estimate of drug-likeness (QED) is 0.856. The zero-order chi connectivity index (χ0) is 11.3. The third-order valence-corrected chi connectivity index (χ3v) is 2.88. The molecule has 0 radical (unpaired) electrons. The maximum absolute atomic E-state index is 9.92. The highest BCUT2D eigenvalue weighted by atomic mass is 35.5. The second kappa shape index (κ2) is 7.76. The van der Waals surface area contributed by atoms with Gasteiger partial charge in [-0.1, -0.05) is 6.92 Å². The minimum atomic E-state index is 0. The van der Waals surface area contributed by atoms with Crippen LogP contribution in [0.4, 0.5) is 0 Å². The van der Waals surface area contributed by atoms with Crippen LogP contribution in [-0.4, -0.2) is 22.9 Å². The lowest BCUT2D eigenvalue weighted by Crippen LogP contribution is -2.14. The number of rotatable bonds is 5. The molecule has 0 amide bonds. The first-order valence-electron chi connectivity index (χ1n) is 5.06. The monoisotopic (exact) mass is 262 g/mol. The first-order chi connectivity index (χ1) is 7.20. The molecule has 1 rings (SSSR count). The van der Waals surface area contributed by atoms with Gasteiger partial charge in [-0.2, -0.15) is 11.8 Å². The summed E-state index contributed by atoms with van der Waals surface area (Å²) < 4.78 is 0. The predicted molar refractivity (Wildman–Crippen MR) is 72.5 cm³/mol. The highest BCUT2D eigenvalue weighted by Gasteiger charge is 2.10. The maximum atomic E-state index is 9.92. The van der Waals surface area contributed by atoms with E-state index in [-0.39, 0.29) is 12.4 Å². The fourth-order valence-corrected chi connectivity index (χ4v) is 1.97. The molecule has 2 N–H and O–H groups in total. The standard InChI is InChI=1S/C11H18N2OS.ClH/c1-4-12-6-10-9(7-15-3)5-13-8(2)11(10)14;/h5,12,14H,4,6-7H2,1-3H3;1H. The Hall–Kier alpha value is -0.450. The molecule has 0 aliphatic heterocycles. The van der Waals surface area contributed by atoms with Gasteiger partial charge in [0.1, 0.15) is 5.75 Å². The van der Waals surface area contributed by atoms with Crippen LogP contribution in [0, 0.1) is 6.92 Å². The Morgan fingerprint density at radius 1 is 1.50 bits per heavy atom. The lowest BCUT2D eigenvalue weighted by Gasteiger charge is -2.12. The van der Waals surface area contributed by atoms with Gasteiger partial charge in [-0.3, -0.25) is 4.98 Å². The summed E-state index contributed by atoms with van der Waals surface area (Å²) in [7, 11) is 0. The summed E-state index contributed by atoms with van der Waals surface area (Å²) in [6.07, 6.45) is 3.91. The third-order valence-electron chi connectivity index (χ3n) is 2.28. The van der Waals surface area contributed by atoms with Crippen molar-refractivity contribution in [2.45, 2.75) is 26.1 Å². The third kappa shape index (κ3) is 3.85. The highest BCUT2D eigenvalue weighted by molar-refractivity contribution is 7.97. The van der Waals surface area contributed by atoms with Crippen LogP contribution in [0.2, 0.25) is 0 Å². The summed E-state index contributed by atoms with van der Waals surface area (Å²) in [6.45, 7) is 5.49. The first-order valence-corrected chi connectivity index (χ1v) is 6.46. The smallest absolute Gasteiger partial charge is 0.141 e. The normalized spacial score (nSPS) is 9.94. The Balaban J connectivity index is 0.00000225. The van der Waals surface area contributed by atoms with Gasteiger partial charge in [-0.15, -0.1) is 12.4 Å². The molecule has 0 atom stereocenters. The average Bonchev–Trinajstić information content (AvgIpc) is 2.23. The van der Waals surface area contributed by atoms with Gasteiger partial charge in [-0.25, -0.2) is 0 Å². The van der Waals surface area contributed by atoms with E-state index in [0.29, 0.717) is 18.0 Å². The van der Waals surface area contributed by atoms with Gasteiger partial charge >= 0.3 is 0 Å². The van der Waals surface area contributed by atoms with Crippen LogP contribution in [0.5, 0.6) is 5.75 Å². The molecule has 0 fully saturated rings. The molecule has 5 heteroatoms. The highest BCUT2D eigenvalue weighted by Crippen LogP contribution is 2.25. The van der Waals surface area contributed by atoms with Crippen molar-refractivity contribution >= 4 is 24.2 Å². The number of aryl methyl sites for hydroxylation is 1. The van der Waals surface area contributed by atoms with Gasteiger partial charge in [0.15, 0.2) is 0 Å². The molecule has 3 nitrogen and oxygen atoms in total. The summed E-state index contributed by atoms with van der Waals surface area (Å²) in [5.41, 5.74) is 2.80. The van der Waals surface area contributed by atoms with E-state index in [9.17, 15) is 5.11 Å². The van der Waals surface area contributed by atoms with Crippen LogP contribution < -0.4 is 5.32 Å². The molecule has 0 aliphatic carbocycles. The number of aromatic nitrogens is 1. The molecule has 92 valence electrons. The van der Waals surface area contributed by atoms with Crippen LogP contribution >= 0.6 is 24.2 Å². The van der Waals surface area contributed by atoms with Crippen molar-refractivity contribution in [3.63, 3.8) is 0 Å². The molecule has 0 saturated carbocycles. The SMILES string of the molecule is CCNCc1c(CSC)cnc(C)c1O.Cl. The van der Waals surface area contributed by atoms with E-state index in [2.05, 4.69) is 17.2 Å². The van der Waals surface area contributed by atoms with Crippen molar-refractivity contribution in [1.82, 2.24) is 10.3 Å². The number of thioether (sulfide) groups is 1. The maximum Gasteiger partial charge on any atom is 0.141 e. The van der Waals surface area contributed by atoms with Crippen LogP contribution in [0.3, 0.4) is 0 Å². The van der Waals surface area contributed by atoms with Crippen molar-refractivity contribution < 1.29 is 5.11 Å². The van der Waals surface area contributed by atoms with Crippen LogP contribution in [-0.2, 0) is 12.3 Å². The van der Waals surface area contributed by atoms with Gasteiger partial charge in [0.2, 0.25) is 0 Å². The molecule has 0 bridgehead atoms. The van der Waals surface area contributed by atoms with Gasteiger partial charge in [0.05, 0.1) is 5.69 Å². The van der Waals surface area contributed by atoms with E-state index in [1.807, 2.05) is 19.4 Å². The van der Waals surface area contributed by atoms with Crippen LogP contribution in [0.15, 0.2) is 6.20 Å². The number of nitrogens with one attached hydrogen (secondary N) is 1. The Kier molecular flexibility index (Phi) is 7.55. The van der Waals surface area contributed by atoms with Gasteiger partial charge in [-0.05, 0) is 25.3 Å². The molecule has 0 unspecified atom stereocenters. The summed E-state index contributed by atoms with van der Waals surface area (Å²) in [5.74, 6) is 1.23. The summed E-state index contributed by atoms with van der Waals surface area (Å²) in [4.78, 5) is 4.17. The zero-order valence-electron chi connectivity index (χ0n) is 9.91. The fourth-order valence-electron chi connectivity index (χ4n) is 1.41. The number of pyridine rings is 1. The summed E-state index contributed by atoms with van der Waals surface area (Å²) in [5, 5.41) is 13.2. The van der Waals surface area contributed by atoms with E-state index in [1.54, 1.807) is 11.8 Å². The molecule has 1 aromatic heterocycles. The van der Waals surface area contributed by atoms with E-state index in [1.165, 1.54) is 0 Å². The van der Waals surface area contributed by atoms with Gasteiger partial charge in [0, 0.05) is 24.1 Å². The Morgan fingerprint density at radius 3 is 2.75 bits per heavy atom. The minimum absolute atomic E-state index is 0. The zero-order valence-corrected chi connectivity index (χ0v) is 11.5. The topological polar surface area (TPSA) is 45.2 Å². The molecule has 0 saturated heterocycles. The second-order valence-electron chi connectivity index (χ2n) is 3.41. The van der Waals surface area contributed by atoms with Crippen molar-refractivity contribution in [1.29, 1.82) is 0 Å². The summed E-state index contributed by atoms with van der Waals surface area (Å²) >= 11 is 1.74. The Morgan fingerprint density at radius 2 is 2.19 bits per heavy atom. The molecular weight excluding hydrogens is 244 g/mol. The van der Waals surface area contributed by atoms with E-state index < -0.39 is 0 Å². The average molecular weight is 263 g/mol. The van der Waals surface area contributed by atoms with Crippen LogP contribution in [0.1, 0.15) is 23.7 Å². The number of hydrogen-bond acceptors (Lipinski definition) is 4. The number of nitrogens with zero attached hydrogens (tertiary/aromatic N) is 1. The molecular formula is C11H19ClN2OS. The number of halogens is 1. The second-order valence-corrected chi connectivity index (χ2v) is 4.28. The van der Waals surface area contributed by atoms with Crippen molar-refractivity contribution in [3.8, 4) is 5.75 Å². The summed E-state index contributed by atoms with van der Waals surface area (Å²) in [6, 6.07) is 0. The van der Waals surface area contributed by atoms with Crippen molar-refractivity contribution in [2.75, 3.05) is 12.8 Å². The minimum Gasteiger partial charge on any atom is -0.506 e. The molecule has 16 heavy (non-hydrogen) atoms. The molecule has 1 heterocycles. The molecule has 0 aromatic carbocycles. The molecule has 1 aromatic rings. The first kappa shape index (κ1) is 15.6. The lowest BCUT2D eigenvalue weighted by atomic mass is 10.1. The molecule has 0 spiro atoms. The van der Waals surface area contributed by atoms with Crippen LogP contribution in [0.25, 0.3) is 0 Å². The van der Waals surface area contributed by atoms with E-state index in [4.69, 9.17) is 0 Å². The van der Waals surface area contributed by atoms with Gasteiger partial charge in [0.25, 0.3) is 0 Å². The van der Waals surface area contributed by atoms with Gasteiger partial charge < -0.3 is 10.4 Å².